The number of hydrogen-bond acceptors (Lipinski definition) is 3. The van der Waals surface area contributed by atoms with Crippen molar-refractivity contribution in [3.05, 3.63) is 65.7 Å². The molecule has 2 aromatic rings. The fraction of sp³-hybridized carbons (Fsp3) is 0.586. The van der Waals surface area contributed by atoms with E-state index >= 15 is 0 Å². The van der Waals surface area contributed by atoms with Crippen molar-refractivity contribution in [1.82, 2.24) is 4.90 Å². The molecular weight excluding hydrogens is 394 g/mol. The zero-order chi connectivity index (χ0) is 22.7. The van der Waals surface area contributed by atoms with Crippen LogP contribution in [0, 0.1) is 0 Å². The van der Waals surface area contributed by atoms with Gasteiger partial charge in [0.25, 0.3) is 0 Å². The van der Waals surface area contributed by atoms with Gasteiger partial charge in [-0.1, -0.05) is 87.9 Å². The SMILES string of the molecule is CCCCCC[C@](O)(c1ccc(OCC)cc1)[C@H](CN1CCCCCC1)c1ccccc1. The van der Waals surface area contributed by atoms with Crippen LogP contribution in [0.5, 0.6) is 5.75 Å². The molecule has 0 unspecified atom stereocenters. The van der Waals surface area contributed by atoms with E-state index in [1.54, 1.807) is 0 Å². The number of unbranched alkanes of at least 4 members (excludes halogenated alkanes) is 3. The third-order valence-corrected chi connectivity index (χ3v) is 6.99. The maximum Gasteiger partial charge on any atom is 0.119 e. The maximum absolute atomic E-state index is 12.4. The molecule has 2 atom stereocenters. The fourth-order valence-electron chi connectivity index (χ4n) is 5.14. The van der Waals surface area contributed by atoms with E-state index in [9.17, 15) is 5.11 Å². The molecule has 0 saturated carbocycles. The predicted octanol–water partition coefficient (Wildman–Crippen LogP) is 6.90. The summed E-state index contributed by atoms with van der Waals surface area (Å²) in [4.78, 5) is 2.59. The molecule has 176 valence electrons. The Morgan fingerprint density at radius 2 is 1.56 bits per heavy atom. The first-order valence-corrected chi connectivity index (χ1v) is 12.9. The Kier molecular flexibility index (Phi) is 10.1. The largest absolute Gasteiger partial charge is 0.494 e. The van der Waals surface area contributed by atoms with Gasteiger partial charge < -0.3 is 14.7 Å². The zero-order valence-corrected chi connectivity index (χ0v) is 20.3. The summed E-state index contributed by atoms with van der Waals surface area (Å²) in [5, 5.41) is 12.4. The van der Waals surface area contributed by atoms with Crippen LogP contribution in [-0.4, -0.2) is 36.2 Å². The summed E-state index contributed by atoms with van der Waals surface area (Å²) < 4.78 is 5.68. The normalized spacial score (nSPS) is 18.0. The first-order chi connectivity index (χ1) is 15.7. The van der Waals surface area contributed by atoms with E-state index in [0.29, 0.717) is 6.61 Å². The Balaban J connectivity index is 1.94. The van der Waals surface area contributed by atoms with E-state index in [1.165, 1.54) is 50.5 Å². The number of likely N-dealkylation sites (tertiary alicyclic amines) is 1. The van der Waals surface area contributed by atoms with Gasteiger partial charge in [-0.05, 0) is 62.5 Å². The highest BCUT2D eigenvalue weighted by Gasteiger charge is 2.40. The van der Waals surface area contributed by atoms with Crippen molar-refractivity contribution in [2.45, 2.75) is 83.2 Å². The highest BCUT2D eigenvalue weighted by molar-refractivity contribution is 5.35. The molecular formula is C29H43NO2. The molecule has 1 saturated heterocycles. The maximum atomic E-state index is 12.4. The summed E-state index contributed by atoms with van der Waals surface area (Å²) in [6, 6.07) is 18.9. The Labute approximate surface area is 195 Å². The molecule has 32 heavy (non-hydrogen) atoms. The van der Waals surface area contributed by atoms with Crippen LogP contribution in [0.25, 0.3) is 0 Å². The molecule has 1 heterocycles. The van der Waals surface area contributed by atoms with Gasteiger partial charge in [0.15, 0.2) is 0 Å². The van der Waals surface area contributed by atoms with Crippen molar-refractivity contribution in [1.29, 1.82) is 0 Å². The minimum Gasteiger partial charge on any atom is -0.494 e. The number of benzene rings is 2. The number of rotatable bonds is 12. The summed E-state index contributed by atoms with van der Waals surface area (Å²) in [5.41, 5.74) is 1.36. The molecule has 0 bridgehead atoms. The lowest BCUT2D eigenvalue weighted by molar-refractivity contribution is -0.0150. The highest BCUT2D eigenvalue weighted by Crippen LogP contribution is 2.42. The number of nitrogens with zero attached hydrogens (tertiary/aromatic N) is 1. The summed E-state index contributed by atoms with van der Waals surface area (Å²) in [6.45, 7) is 8.08. The van der Waals surface area contributed by atoms with Gasteiger partial charge in [-0.2, -0.15) is 0 Å². The van der Waals surface area contributed by atoms with Gasteiger partial charge in [-0.3, -0.25) is 0 Å². The van der Waals surface area contributed by atoms with Gasteiger partial charge in [0.05, 0.1) is 12.2 Å². The molecule has 0 aromatic heterocycles. The molecule has 1 aliphatic rings. The van der Waals surface area contributed by atoms with Crippen molar-refractivity contribution in [2.24, 2.45) is 0 Å². The Bertz CT molecular complexity index is 752. The lowest BCUT2D eigenvalue weighted by atomic mass is 9.74. The van der Waals surface area contributed by atoms with Gasteiger partial charge in [0.1, 0.15) is 5.75 Å². The van der Waals surface area contributed by atoms with Crippen molar-refractivity contribution in [3.63, 3.8) is 0 Å². The lowest BCUT2D eigenvalue weighted by Crippen LogP contribution is -2.41. The minimum absolute atomic E-state index is 0.0429. The predicted molar refractivity (Wildman–Crippen MR) is 134 cm³/mol. The standard InChI is InChI=1S/C29H43NO2/c1-3-5-6-12-21-29(31,26-17-19-27(20-18-26)32-4-2)28(25-15-10-9-11-16-25)24-30-22-13-7-8-14-23-30/h9-11,15-20,28,31H,3-8,12-14,21-24H2,1-2H3/t28-,29+/m1/s1. The lowest BCUT2D eigenvalue weighted by Gasteiger charge is -2.40. The van der Waals surface area contributed by atoms with Crippen LogP contribution in [0.1, 0.15) is 88.7 Å². The van der Waals surface area contributed by atoms with Crippen LogP contribution in [-0.2, 0) is 5.60 Å². The van der Waals surface area contributed by atoms with Gasteiger partial charge in [0.2, 0.25) is 0 Å². The van der Waals surface area contributed by atoms with E-state index < -0.39 is 5.60 Å². The molecule has 1 N–H and O–H groups in total. The highest BCUT2D eigenvalue weighted by atomic mass is 16.5. The summed E-state index contributed by atoms with van der Waals surface area (Å²) in [7, 11) is 0. The molecule has 0 radical (unpaired) electrons. The molecule has 3 rings (SSSR count). The first-order valence-electron chi connectivity index (χ1n) is 12.9. The first kappa shape index (κ1) is 24.8. The summed E-state index contributed by atoms with van der Waals surface area (Å²) >= 11 is 0. The second-order valence-electron chi connectivity index (χ2n) is 9.37. The van der Waals surface area contributed by atoms with Crippen LogP contribution in [0.3, 0.4) is 0 Å². The average molecular weight is 438 g/mol. The quantitative estimate of drug-likeness (QED) is 0.366. The van der Waals surface area contributed by atoms with Gasteiger partial charge in [-0.25, -0.2) is 0 Å². The third-order valence-electron chi connectivity index (χ3n) is 6.99. The molecule has 0 amide bonds. The number of aliphatic hydroxyl groups is 1. The zero-order valence-electron chi connectivity index (χ0n) is 20.3. The van der Waals surface area contributed by atoms with E-state index in [0.717, 1.165) is 43.8 Å². The topological polar surface area (TPSA) is 32.7 Å². The van der Waals surface area contributed by atoms with Crippen molar-refractivity contribution < 1.29 is 9.84 Å². The number of hydrogen-bond donors (Lipinski definition) is 1. The van der Waals surface area contributed by atoms with Gasteiger partial charge >= 0.3 is 0 Å². The average Bonchev–Trinajstić information content (AvgIpc) is 3.10. The van der Waals surface area contributed by atoms with Gasteiger partial charge in [-0.15, -0.1) is 0 Å². The summed E-state index contributed by atoms with van der Waals surface area (Å²) in [6.07, 6.45) is 10.6. The third kappa shape index (κ3) is 6.83. The Morgan fingerprint density at radius 3 is 2.19 bits per heavy atom. The van der Waals surface area contributed by atoms with Crippen molar-refractivity contribution in [2.75, 3.05) is 26.2 Å². The molecule has 0 spiro atoms. The smallest absolute Gasteiger partial charge is 0.119 e. The minimum atomic E-state index is -0.897. The Hall–Kier alpha value is -1.84. The second kappa shape index (κ2) is 13.0. The van der Waals surface area contributed by atoms with E-state index in [4.69, 9.17) is 4.74 Å². The van der Waals surface area contributed by atoms with E-state index in [-0.39, 0.29) is 5.92 Å². The molecule has 1 fully saturated rings. The fourth-order valence-corrected chi connectivity index (χ4v) is 5.14. The molecule has 1 aliphatic heterocycles. The van der Waals surface area contributed by atoms with E-state index in [2.05, 4.69) is 54.3 Å². The molecule has 0 aliphatic carbocycles. The van der Waals surface area contributed by atoms with Crippen molar-refractivity contribution in [3.8, 4) is 5.75 Å². The Morgan fingerprint density at radius 1 is 0.875 bits per heavy atom. The van der Waals surface area contributed by atoms with Crippen LogP contribution >= 0.6 is 0 Å². The second-order valence-corrected chi connectivity index (χ2v) is 9.37. The molecule has 2 aromatic carbocycles. The monoisotopic (exact) mass is 437 g/mol. The molecule has 3 nitrogen and oxygen atoms in total. The number of ether oxygens (including phenoxy) is 1. The van der Waals surface area contributed by atoms with Crippen LogP contribution < -0.4 is 4.74 Å². The van der Waals surface area contributed by atoms with Crippen LogP contribution in [0.4, 0.5) is 0 Å². The van der Waals surface area contributed by atoms with Gasteiger partial charge in [0, 0.05) is 12.5 Å². The van der Waals surface area contributed by atoms with Crippen LogP contribution in [0.15, 0.2) is 54.6 Å². The van der Waals surface area contributed by atoms with E-state index in [1.807, 2.05) is 19.1 Å². The summed E-state index contributed by atoms with van der Waals surface area (Å²) in [5.74, 6) is 0.912. The van der Waals surface area contributed by atoms with Crippen molar-refractivity contribution >= 4 is 0 Å². The van der Waals surface area contributed by atoms with Crippen LogP contribution in [0.2, 0.25) is 0 Å². The molecule has 3 heteroatoms.